The van der Waals surface area contributed by atoms with Gasteiger partial charge in [0.05, 0.1) is 0 Å². The van der Waals surface area contributed by atoms with Crippen molar-refractivity contribution in [3.8, 4) is 0 Å². The lowest BCUT2D eigenvalue weighted by Crippen LogP contribution is -2.45. The van der Waals surface area contributed by atoms with Gasteiger partial charge < -0.3 is 14.8 Å². The molecule has 1 saturated heterocycles. The molecule has 1 atom stereocenters. The molecule has 1 aliphatic heterocycles. The number of likely N-dealkylation sites (N-methyl/N-ethyl adjacent to an activating group) is 1. The molecule has 2 heterocycles. The van der Waals surface area contributed by atoms with E-state index in [9.17, 15) is 4.79 Å². The molecule has 0 spiro atoms. The molecule has 1 unspecified atom stereocenters. The minimum Gasteiger partial charge on any atom is -0.316 e. The summed E-state index contributed by atoms with van der Waals surface area (Å²) in [4.78, 5) is 14.0. The Balaban J connectivity index is 1.86. The summed E-state index contributed by atoms with van der Waals surface area (Å²) in [6.45, 7) is 4.00. The van der Waals surface area contributed by atoms with Crippen molar-refractivity contribution < 1.29 is 0 Å². The van der Waals surface area contributed by atoms with Gasteiger partial charge in [-0.2, -0.15) is 0 Å². The monoisotopic (exact) mass is 235 g/mol. The van der Waals surface area contributed by atoms with Gasteiger partial charge in [0.25, 0.3) is 5.56 Å². The minimum atomic E-state index is 0.0923. The van der Waals surface area contributed by atoms with Crippen molar-refractivity contribution in [2.75, 3.05) is 26.7 Å². The molecular formula is C13H21N3O. The van der Waals surface area contributed by atoms with Crippen molar-refractivity contribution in [1.29, 1.82) is 0 Å². The maximum Gasteiger partial charge on any atom is 0.250 e. The van der Waals surface area contributed by atoms with Crippen LogP contribution in [0, 0.1) is 0 Å². The Morgan fingerprint density at radius 1 is 1.41 bits per heavy atom. The number of nitrogens with one attached hydrogen (secondary N) is 1. The van der Waals surface area contributed by atoms with Crippen LogP contribution in [-0.4, -0.2) is 42.2 Å². The third kappa shape index (κ3) is 3.41. The van der Waals surface area contributed by atoms with Crippen LogP contribution >= 0.6 is 0 Å². The zero-order valence-electron chi connectivity index (χ0n) is 10.4. The molecule has 0 aromatic carbocycles. The van der Waals surface area contributed by atoms with Crippen LogP contribution in [0.3, 0.4) is 0 Å². The van der Waals surface area contributed by atoms with Gasteiger partial charge in [-0.1, -0.05) is 6.07 Å². The largest absolute Gasteiger partial charge is 0.316 e. The molecule has 0 radical (unpaired) electrons. The highest BCUT2D eigenvalue weighted by Crippen LogP contribution is 2.09. The van der Waals surface area contributed by atoms with Crippen molar-refractivity contribution in [2.24, 2.45) is 0 Å². The van der Waals surface area contributed by atoms with E-state index in [-0.39, 0.29) is 5.56 Å². The molecule has 4 heteroatoms. The molecule has 17 heavy (non-hydrogen) atoms. The van der Waals surface area contributed by atoms with E-state index in [1.54, 1.807) is 16.7 Å². The molecule has 94 valence electrons. The van der Waals surface area contributed by atoms with Crippen molar-refractivity contribution >= 4 is 0 Å². The summed E-state index contributed by atoms with van der Waals surface area (Å²) < 4.78 is 1.78. The first-order valence-electron chi connectivity index (χ1n) is 6.34. The van der Waals surface area contributed by atoms with E-state index >= 15 is 0 Å². The number of hydrogen-bond donors (Lipinski definition) is 1. The highest BCUT2D eigenvalue weighted by molar-refractivity contribution is 4.93. The Hall–Kier alpha value is -1.13. The maximum absolute atomic E-state index is 11.5. The number of hydrogen-bond acceptors (Lipinski definition) is 3. The van der Waals surface area contributed by atoms with Gasteiger partial charge in [0.1, 0.15) is 0 Å². The van der Waals surface area contributed by atoms with E-state index < -0.39 is 0 Å². The van der Waals surface area contributed by atoms with E-state index in [1.807, 2.05) is 19.3 Å². The van der Waals surface area contributed by atoms with E-state index in [2.05, 4.69) is 10.2 Å². The quantitative estimate of drug-likeness (QED) is 0.827. The summed E-state index contributed by atoms with van der Waals surface area (Å²) >= 11 is 0. The lowest BCUT2D eigenvalue weighted by molar-refractivity contribution is 0.188. The molecule has 1 N–H and O–H groups in total. The van der Waals surface area contributed by atoms with Gasteiger partial charge in [-0.25, -0.2) is 0 Å². The third-order valence-electron chi connectivity index (χ3n) is 3.47. The number of rotatable bonds is 4. The molecule has 1 aliphatic rings. The number of pyridine rings is 1. The van der Waals surface area contributed by atoms with E-state index in [0.29, 0.717) is 6.04 Å². The van der Waals surface area contributed by atoms with Crippen molar-refractivity contribution in [3.63, 3.8) is 0 Å². The number of likely N-dealkylation sites (tertiary alicyclic amines) is 1. The van der Waals surface area contributed by atoms with Gasteiger partial charge in [0, 0.05) is 37.9 Å². The SMILES string of the molecule is CNC1CCCN(CCn2ccccc2=O)C1. The second-order valence-corrected chi connectivity index (χ2v) is 4.66. The molecule has 1 aromatic rings. The fourth-order valence-electron chi connectivity index (χ4n) is 2.39. The minimum absolute atomic E-state index is 0.0923. The van der Waals surface area contributed by atoms with Gasteiger partial charge in [0.15, 0.2) is 0 Å². The first kappa shape index (κ1) is 12.3. The van der Waals surface area contributed by atoms with E-state index in [0.717, 1.165) is 26.2 Å². The molecule has 0 saturated carbocycles. The Morgan fingerprint density at radius 2 is 2.29 bits per heavy atom. The van der Waals surface area contributed by atoms with Crippen LogP contribution in [0.4, 0.5) is 0 Å². The molecule has 1 aromatic heterocycles. The zero-order chi connectivity index (χ0) is 12.1. The number of nitrogens with zero attached hydrogens (tertiary/aromatic N) is 2. The lowest BCUT2D eigenvalue weighted by atomic mass is 10.1. The summed E-state index contributed by atoms with van der Waals surface area (Å²) in [5.41, 5.74) is 0.0923. The van der Waals surface area contributed by atoms with E-state index in [1.165, 1.54) is 12.8 Å². The second kappa shape index (κ2) is 5.98. The average Bonchev–Trinajstić information content (AvgIpc) is 2.38. The molecule has 0 bridgehead atoms. The summed E-state index contributed by atoms with van der Waals surface area (Å²) in [6, 6.07) is 5.92. The Morgan fingerprint density at radius 3 is 3.06 bits per heavy atom. The lowest BCUT2D eigenvalue weighted by Gasteiger charge is -2.32. The number of aromatic nitrogens is 1. The Bertz CT molecular complexity index is 402. The summed E-state index contributed by atoms with van der Waals surface area (Å²) in [7, 11) is 2.02. The van der Waals surface area contributed by atoms with Gasteiger partial charge in [-0.05, 0) is 32.5 Å². The fourth-order valence-corrected chi connectivity index (χ4v) is 2.39. The average molecular weight is 235 g/mol. The van der Waals surface area contributed by atoms with Gasteiger partial charge >= 0.3 is 0 Å². The van der Waals surface area contributed by atoms with Crippen LogP contribution in [0.25, 0.3) is 0 Å². The Kier molecular flexibility index (Phi) is 4.34. The summed E-state index contributed by atoms with van der Waals surface area (Å²) in [5, 5.41) is 3.33. The zero-order valence-corrected chi connectivity index (χ0v) is 10.4. The first-order valence-corrected chi connectivity index (χ1v) is 6.34. The highest BCUT2D eigenvalue weighted by atomic mass is 16.1. The van der Waals surface area contributed by atoms with Gasteiger partial charge in [-0.15, -0.1) is 0 Å². The van der Waals surface area contributed by atoms with Crippen molar-refractivity contribution in [1.82, 2.24) is 14.8 Å². The van der Waals surface area contributed by atoms with E-state index in [4.69, 9.17) is 0 Å². The third-order valence-corrected chi connectivity index (χ3v) is 3.47. The van der Waals surface area contributed by atoms with Crippen LogP contribution in [0.1, 0.15) is 12.8 Å². The van der Waals surface area contributed by atoms with Crippen LogP contribution < -0.4 is 10.9 Å². The summed E-state index contributed by atoms with van der Waals surface area (Å²) in [5.74, 6) is 0. The predicted molar refractivity (Wildman–Crippen MR) is 69.2 cm³/mol. The smallest absolute Gasteiger partial charge is 0.250 e. The molecule has 2 rings (SSSR count). The van der Waals surface area contributed by atoms with Crippen LogP contribution in [0.2, 0.25) is 0 Å². The van der Waals surface area contributed by atoms with Gasteiger partial charge in [-0.3, -0.25) is 4.79 Å². The number of piperidine rings is 1. The Labute approximate surface area is 102 Å². The van der Waals surface area contributed by atoms with Crippen LogP contribution in [0.5, 0.6) is 0 Å². The molecular weight excluding hydrogens is 214 g/mol. The second-order valence-electron chi connectivity index (χ2n) is 4.66. The molecule has 0 amide bonds. The maximum atomic E-state index is 11.5. The van der Waals surface area contributed by atoms with Gasteiger partial charge in [0.2, 0.25) is 0 Å². The normalized spacial score (nSPS) is 21.6. The predicted octanol–water partition coefficient (Wildman–Crippen LogP) is 0.532. The highest BCUT2D eigenvalue weighted by Gasteiger charge is 2.17. The first-order chi connectivity index (χ1) is 8.29. The summed E-state index contributed by atoms with van der Waals surface area (Å²) in [6.07, 6.45) is 4.37. The van der Waals surface area contributed by atoms with Crippen LogP contribution in [-0.2, 0) is 6.54 Å². The van der Waals surface area contributed by atoms with Crippen molar-refractivity contribution in [2.45, 2.75) is 25.4 Å². The molecule has 0 aliphatic carbocycles. The standard InChI is InChI=1S/C13H21N3O/c1-14-12-5-4-7-15(11-12)9-10-16-8-3-2-6-13(16)17/h2-3,6,8,12,14H,4-5,7,9-11H2,1H3. The molecule has 1 fully saturated rings. The van der Waals surface area contributed by atoms with Crippen molar-refractivity contribution in [3.05, 3.63) is 34.7 Å². The molecule has 4 nitrogen and oxygen atoms in total. The fraction of sp³-hybridized carbons (Fsp3) is 0.615. The topological polar surface area (TPSA) is 37.3 Å². The van der Waals surface area contributed by atoms with Crippen LogP contribution in [0.15, 0.2) is 29.2 Å².